The summed E-state index contributed by atoms with van der Waals surface area (Å²) in [7, 11) is 1.91. The van der Waals surface area contributed by atoms with Crippen LogP contribution in [0.5, 0.6) is 0 Å². The van der Waals surface area contributed by atoms with Crippen molar-refractivity contribution >= 4 is 5.91 Å². The normalized spacial score (nSPS) is 32.1. The summed E-state index contributed by atoms with van der Waals surface area (Å²) in [4.78, 5) is 17.4. The zero-order valence-electron chi connectivity index (χ0n) is 14.9. The monoisotopic (exact) mass is 348 g/mol. The van der Waals surface area contributed by atoms with Crippen molar-refractivity contribution in [3.8, 4) is 0 Å². The number of hydrogen-bond donors (Lipinski definition) is 1. The number of carbonyl (C=O) groups is 1. The lowest BCUT2D eigenvalue weighted by Gasteiger charge is -2.50. The molecule has 0 saturated carbocycles. The van der Waals surface area contributed by atoms with Crippen LogP contribution >= 0.6 is 0 Å². The molecule has 0 spiro atoms. The van der Waals surface area contributed by atoms with E-state index in [-0.39, 0.29) is 5.92 Å². The van der Waals surface area contributed by atoms with Gasteiger partial charge in [0, 0.05) is 38.4 Å². The molecule has 4 saturated heterocycles. The summed E-state index contributed by atoms with van der Waals surface area (Å²) in [6.45, 7) is 6.45. The molecule has 4 fully saturated rings. The predicted molar refractivity (Wildman–Crippen MR) is 91.8 cm³/mol. The van der Waals surface area contributed by atoms with Crippen molar-refractivity contribution in [3.63, 3.8) is 0 Å². The van der Waals surface area contributed by atoms with Crippen LogP contribution in [-0.4, -0.2) is 83.2 Å². The summed E-state index contributed by atoms with van der Waals surface area (Å²) in [5.74, 6) is 1.01. The van der Waals surface area contributed by atoms with Gasteiger partial charge in [-0.15, -0.1) is 5.10 Å². The zero-order valence-corrected chi connectivity index (χ0v) is 14.9. The minimum atomic E-state index is 0.165. The van der Waals surface area contributed by atoms with Gasteiger partial charge in [-0.05, 0) is 32.4 Å². The molecule has 0 radical (unpaired) electrons. The van der Waals surface area contributed by atoms with Crippen molar-refractivity contribution in [1.82, 2.24) is 30.1 Å². The standard InChI is InChI=1S/C17H28N6O2/c1-18-9-14-10-23(20-19-14)11-15-8-13-2-3-22(15)12-16(13)17(24)21-4-6-25-7-5-21/h10,13,15-16,18H,2-9,11-12H2,1H3/t13?,15-,16+/m1/s1. The average molecular weight is 348 g/mol. The van der Waals surface area contributed by atoms with Gasteiger partial charge in [0.25, 0.3) is 0 Å². The van der Waals surface area contributed by atoms with Crippen molar-refractivity contribution in [2.24, 2.45) is 11.8 Å². The fraction of sp³-hybridized carbons (Fsp3) is 0.824. The quantitative estimate of drug-likeness (QED) is 0.778. The van der Waals surface area contributed by atoms with Gasteiger partial charge in [-0.25, -0.2) is 0 Å². The van der Waals surface area contributed by atoms with Crippen LogP contribution in [0.15, 0.2) is 6.20 Å². The topological polar surface area (TPSA) is 75.5 Å². The molecule has 138 valence electrons. The molecule has 5 rings (SSSR count). The SMILES string of the molecule is CNCc1cn(C[C@H]2CC3CCN2C[C@@H]3C(=O)N2CCOCC2)nn1. The Labute approximate surface area is 148 Å². The number of fused-ring (bicyclic) bond motifs is 3. The molecule has 1 N–H and O–H groups in total. The minimum Gasteiger partial charge on any atom is -0.378 e. The Morgan fingerprint density at radius 2 is 2.20 bits per heavy atom. The second-order valence-corrected chi connectivity index (χ2v) is 7.44. The molecule has 4 aliphatic rings. The Morgan fingerprint density at radius 1 is 1.36 bits per heavy atom. The van der Waals surface area contributed by atoms with Gasteiger partial charge in [0.2, 0.25) is 5.91 Å². The van der Waals surface area contributed by atoms with Gasteiger partial charge in [-0.3, -0.25) is 14.4 Å². The minimum absolute atomic E-state index is 0.165. The third-order valence-corrected chi connectivity index (χ3v) is 5.86. The molecule has 1 amide bonds. The summed E-state index contributed by atoms with van der Waals surface area (Å²) >= 11 is 0. The first kappa shape index (κ1) is 16.9. The Balaban J connectivity index is 1.37. The Kier molecular flexibility index (Phi) is 5.00. The third-order valence-electron chi connectivity index (χ3n) is 5.86. The maximum absolute atomic E-state index is 12.9. The Hall–Kier alpha value is -1.51. The van der Waals surface area contributed by atoms with Gasteiger partial charge in [-0.2, -0.15) is 0 Å². The van der Waals surface area contributed by atoms with Crippen LogP contribution in [0.2, 0.25) is 0 Å². The summed E-state index contributed by atoms with van der Waals surface area (Å²) < 4.78 is 7.33. The van der Waals surface area contributed by atoms with Gasteiger partial charge < -0.3 is 15.0 Å². The predicted octanol–water partition coefficient (Wildman–Crippen LogP) is -0.433. The molecule has 0 aromatic carbocycles. The van der Waals surface area contributed by atoms with E-state index in [0.29, 0.717) is 31.1 Å². The highest BCUT2D eigenvalue weighted by Crippen LogP contribution is 2.37. The summed E-state index contributed by atoms with van der Waals surface area (Å²) in [6, 6.07) is 0.469. The highest BCUT2D eigenvalue weighted by molar-refractivity contribution is 5.79. The van der Waals surface area contributed by atoms with E-state index in [1.54, 1.807) is 0 Å². The van der Waals surface area contributed by atoms with E-state index in [4.69, 9.17) is 4.74 Å². The Bertz CT molecular complexity index is 600. The van der Waals surface area contributed by atoms with Crippen LogP contribution in [0.1, 0.15) is 18.5 Å². The molecule has 5 heterocycles. The smallest absolute Gasteiger partial charge is 0.227 e. The summed E-state index contributed by atoms with van der Waals surface area (Å²) in [5, 5.41) is 11.5. The Morgan fingerprint density at radius 3 is 2.92 bits per heavy atom. The number of hydrogen-bond acceptors (Lipinski definition) is 6. The van der Waals surface area contributed by atoms with Crippen LogP contribution in [0.4, 0.5) is 0 Å². The van der Waals surface area contributed by atoms with Crippen LogP contribution in [0.3, 0.4) is 0 Å². The maximum atomic E-state index is 12.9. The van der Waals surface area contributed by atoms with Crippen molar-refractivity contribution in [3.05, 3.63) is 11.9 Å². The van der Waals surface area contributed by atoms with E-state index in [0.717, 1.165) is 57.8 Å². The fourth-order valence-corrected chi connectivity index (χ4v) is 4.53. The number of aromatic nitrogens is 3. The molecule has 0 aliphatic carbocycles. The van der Waals surface area contributed by atoms with E-state index in [1.165, 1.54) is 0 Å². The number of piperidine rings is 3. The van der Waals surface area contributed by atoms with Crippen LogP contribution in [0.25, 0.3) is 0 Å². The maximum Gasteiger partial charge on any atom is 0.227 e. The molecule has 1 aromatic heterocycles. The van der Waals surface area contributed by atoms with E-state index < -0.39 is 0 Å². The molecule has 2 unspecified atom stereocenters. The third kappa shape index (κ3) is 3.56. The van der Waals surface area contributed by atoms with Crippen LogP contribution < -0.4 is 5.32 Å². The van der Waals surface area contributed by atoms with Gasteiger partial charge in [0.05, 0.1) is 31.4 Å². The average Bonchev–Trinajstić information content (AvgIpc) is 3.10. The highest BCUT2D eigenvalue weighted by atomic mass is 16.5. The lowest BCUT2D eigenvalue weighted by Crippen LogP contribution is -2.59. The number of nitrogens with zero attached hydrogens (tertiary/aromatic N) is 5. The molecule has 25 heavy (non-hydrogen) atoms. The van der Waals surface area contributed by atoms with Gasteiger partial charge in [0.15, 0.2) is 0 Å². The molecule has 4 aliphatic heterocycles. The van der Waals surface area contributed by atoms with E-state index in [1.807, 2.05) is 22.8 Å². The zero-order chi connectivity index (χ0) is 17.2. The molecule has 2 bridgehead atoms. The number of carbonyl (C=O) groups excluding carboxylic acids is 1. The lowest BCUT2D eigenvalue weighted by molar-refractivity contribution is -0.148. The molecular formula is C17H28N6O2. The van der Waals surface area contributed by atoms with Crippen LogP contribution in [-0.2, 0) is 22.6 Å². The molecular weight excluding hydrogens is 320 g/mol. The molecule has 4 atom stereocenters. The first-order chi connectivity index (χ1) is 12.2. The molecule has 8 nitrogen and oxygen atoms in total. The fourth-order valence-electron chi connectivity index (χ4n) is 4.53. The van der Waals surface area contributed by atoms with Crippen molar-refractivity contribution in [2.45, 2.75) is 32.0 Å². The van der Waals surface area contributed by atoms with Crippen molar-refractivity contribution < 1.29 is 9.53 Å². The first-order valence-electron chi connectivity index (χ1n) is 9.39. The second kappa shape index (κ2) is 7.39. The van der Waals surface area contributed by atoms with Crippen LogP contribution in [0, 0.1) is 11.8 Å². The van der Waals surface area contributed by atoms with E-state index in [9.17, 15) is 4.79 Å². The summed E-state index contributed by atoms with van der Waals surface area (Å²) in [6.07, 6.45) is 4.25. The van der Waals surface area contributed by atoms with Crippen molar-refractivity contribution in [1.29, 1.82) is 0 Å². The first-order valence-corrected chi connectivity index (χ1v) is 9.39. The lowest BCUT2D eigenvalue weighted by atomic mass is 9.75. The second-order valence-electron chi connectivity index (χ2n) is 7.44. The number of morpholine rings is 1. The van der Waals surface area contributed by atoms with Gasteiger partial charge in [-0.1, -0.05) is 5.21 Å². The molecule has 8 heteroatoms. The number of amides is 1. The van der Waals surface area contributed by atoms with Gasteiger partial charge in [0.1, 0.15) is 0 Å². The number of rotatable bonds is 5. The summed E-state index contributed by atoms with van der Waals surface area (Å²) in [5.41, 5.74) is 0.971. The van der Waals surface area contributed by atoms with E-state index >= 15 is 0 Å². The largest absolute Gasteiger partial charge is 0.378 e. The number of nitrogens with one attached hydrogen (secondary N) is 1. The molecule has 1 aromatic rings. The van der Waals surface area contributed by atoms with Gasteiger partial charge >= 0.3 is 0 Å². The highest BCUT2D eigenvalue weighted by Gasteiger charge is 2.44. The number of ether oxygens (including phenoxy) is 1. The van der Waals surface area contributed by atoms with E-state index in [2.05, 4.69) is 20.5 Å². The van der Waals surface area contributed by atoms with Crippen molar-refractivity contribution in [2.75, 3.05) is 46.4 Å².